The summed E-state index contributed by atoms with van der Waals surface area (Å²) in [5.74, 6) is 0. The Bertz CT molecular complexity index is 3620. The van der Waals surface area contributed by atoms with Gasteiger partial charge in [0.1, 0.15) is 0 Å². The molecular formula is C58H37NS. The van der Waals surface area contributed by atoms with Gasteiger partial charge in [-0.3, -0.25) is 0 Å². The molecule has 0 fully saturated rings. The first-order chi connectivity index (χ1) is 29.8. The van der Waals surface area contributed by atoms with Gasteiger partial charge in [0.15, 0.2) is 0 Å². The first-order valence-corrected chi connectivity index (χ1v) is 21.4. The van der Waals surface area contributed by atoms with E-state index < -0.39 is 0 Å². The van der Waals surface area contributed by atoms with Crippen molar-refractivity contribution in [2.24, 2.45) is 0 Å². The van der Waals surface area contributed by atoms with Gasteiger partial charge in [0.2, 0.25) is 0 Å². The van der Waals surface area contributed by atoms with Crippen LogP contribution in [-0.4, -0.2) is 0 Å². The summed E-state index contributed by atoms with van der Waals surface area (Å²) in [7, 11) is 0. The van der Waals surface area contributed by atoms with Crippen LogP contribution in [0.2, 0.25) is 0 Å². The van der Waals surface area contributed by atoms with Crippen molar-refractivity contribution in [2.45, 2.75) is 0 Å². The van der Waals surface area contributed by atoms with Gasteiger partial charge in [-0.05, 0) is 107 Å². The largest absolute Gasteiger partial charge is 0.309 e. The topological polar surface area (TPSA) is 3.24 Å². The molecule has 0 saturated heterocycles. The number of thiophene rings is 1. The molecule has 1 nitrogen and oxygen atoms in total. The molecular weight excluding hydrogens is 743 g/mol. The molecule has 12 aromatic rings. The second-order valence-corrected chi connectivity index (χ2v) is 16.6. The molecule has 1 aromatic heterocycles. The SMILES string of the molecule is c1ccc(-c2ccc(N(c3cccc(-c4ccccc4-c4cc5ccccc5c5ccccc45)c3)c3cccc4sc5c6ccccc6ccc5c34)c3ccccc23)cc1. The van der Waals surface area contributed by atoms with E-state index in [0.29, 0.717) is 0 Å². The van der Waals surface area contributed by atoms with Gasteiger partial charge >= 0.3 is 0 Å². The fraction of sp³-hybridized carbons (Fsp3) is 0. The van der Waals surface area contributed by atoms with E-state index in [1.54, 1.807) is 0 Å². The predicted octanol–water partition coefficient (Wildman–Crippen LogP) is 17.1. The summed E-state index contributed by atoms with van der Waals surface area (Å²) in [6.07, 6.45) is 0. The fourth-order valence-electron chi connectivity index (χ4n) is 9.54. The third-order valence-corrected chi connectivity index (χ3v) is 13.4. The molecule has 280 valence electrons. The van der Waals surface area contributed by atoms with E-state index in [1.165, 1.54) is 96.6 Å². The molecule has 0 N–H and O–H groups in total. The molecule has 11 aromatic carbocycles. The van der Waals surface area contributed by atoms with E-state index in [9.17, 15) is 0 Å². The zero-order valence-electron chi connectivity index (χ0n) is 32.7. The average Bonchev–Trinajstić information content (AvgIpc) is 3.72. The normalized spacial score (nSPS) is 11.7. The van der Waals surface area contributed by atoms with Crippen LogP contribution < -0.4 is 4.90 Å². The van der Waals surface area contributed by atoms with Crippen LogP contribution >= 0.6 is 11.3 Å². The number of nitrogens with zero attached hydrogens (tertiary/aromatic N) is 1. The number of rotatable bonds is 6. The van der Waals surface area contributed by atoms with Crippen LogP contribution in [0.5, 0.6) is 0 Å². The van der Waals surface area contributed by atoms with E-state index in [4.69, 9.17) is 0 Å². The van der Waals surface area contributed by atoms with Crippen molar-refractivity contribution in [3.8, 4) is 33.4 Å². The van der Waals surface area contributed by atoms with Crippen molar-refractivity contribution < 1.29 is 0 Å². The zero-order valence-corrected chi connectivity index (χ0v) is 33.5. The maximum absolute atomic E-state index is 2.51. The Labute approximate surface area is 352 Å². The van der Waals surface area contributed by atoms with Gasteiger partial charge < -0.3 is 4.90 Å². The van der Waals surface area contributed by atoms with Gasteiger partial charge in [-0.1, -0.05) is 188 Å². The van der Waals surface area contributed by atoms with Crippen molar-refractivity contribution in [2.75, 3.05) is 4.90 Å². The average molecular weight is 780 g/mol. The lowest BCUT2D eigenvalue weighted by molar-refractivity contribution is 1.32. The van der Waals surface area contributed by atoms with E-state index in [0.717, 1.165) is 17.1 Å². The van der Waals surface area contributed by atoms with Gasteiger partial charge in [0.05, 0.1) is 11.4 Å². The van der Waals surface area contributed by atoms with E-state index >= 15 is 0 Å². The van der Waals surface area contributed by atoms with Crippen LogP contribution in [0.1, 0.15) is 0 Å². The summed E-state index contributed by atoms with van der Waals surface area (Å²) in [6, 6.07) is 82.5. The van der Waals surface area contributed by atoms with Crippen molar-refractivity contribution in [3.05, 3.63) is 224 Å². The summed E-state index contributed by atoms with van der Waals surface area (Å²) < 4.78 is 2.60. The number of hydrogen-bond acceptors (Lipinski definition) is 2. The van der Waals surface area contributed by atoms with Crippen LogP contribution in [0.15, 0.2) is 224 Å². The molecule has 0 saturated carbocycles. The minimum Gasteiger partial charge on any atom is -0.309 e. The Balaban J connectivity index is 1.12. The lowest BCUT2D eigenvalue weighted by Crippen LogP contribution is -2.11. The third-order valence-electron chi connectivity index (χ3n) is 12.2. The van der Waals surface area contributed by atoms with Gasteiger partial charge in [0.25, 0.3) is 0 Å². The van der Waals surface area contributed by atoms with Crippen LogP contribution in [0.4, 0.5) is 17.1 Å². The molecule has 1 heterocycles. The second kappa shape index (κ2) is 14.1. The Kier molecular flexibility index (Phi) is 8.11. The van der Waals surface area contributed by atoms with Gasteiger partial charge in [-0.25, -0.2) is 0 Å². The van der Waals surface area contributed by atoms with Crippen molar-refractivity contribution in [1.82, 2.24) is 0 Å². The monoisotopic (exact) mass is 779 g/mol. The zero-order chi connectivity index (χ0) is 39.6. The van der Waals surface area contributed by atoms with E-state index in [1.807, 2.05) is 11.3 Å². The molecule has 0 radical (unpaired) electrons. The van der Waals surface area contributed by atoms with E-state index in [2.05, 4.69) is 229 Å². The van der Waals surface area contributed by atoms with Gasteiger partial charge in [-0.2, -0.15) is 0 Å². The standard InChI is InChI=1S/C58H37NS/c1-2-16-38(17-3-1)45-34-35-54(51-29-13-12-26-48(45)51)59(55-30-15-31-56-57(55)52-33-32-39-18-4-7-24-46(39)58(52)60-56)42-21-14-20-40(36-42)43-23-8-9-27-49(43)53-37-41-19-5-6-22-44(41)47-25-10-11-28-50(47)53/h1-37H. The molecule has 0 amide bonds. The minimum atomic E-state index is 1.11. The molecule has 60 heavy (non-hydrogen) atoms. The maximum atomic E-state index is 2.51. The molecule has 0 unspecified atom stereocenters. The predicted molar refractivity (Wildman–Crippen MR) is 260 cm³/mol. The number of benzene rings is 11. The Morgan fingerprint density at radius 2 is 0.933 bits per heavy atom. The van der Waals surface area contributed by atoms with Gasteiger partial charge in [0, 0.05) is 31.2 Å². The first kappa shape index (κ1) is 34.5. The molecule has 0 aliphatic heterocycles. The molecule has 12 rings (SSSR count). The Morgan fingerprint density at radius 3 is 1.77 bits per heavy atom. The Morgan fingerprint density at radius 1 is 0.300 bits per heavy atom. The van der Waals surface area contributed by atoms with Crippen LogP contribution in [-0.2, 0) is 0 Å². The fourth-order valence-corrected chi connectivity index (χ4v) is 10.8. The summed E-state index contributed by atoms with van der Waals surface area (Å²) in [5, 5.41) is 12.6. The minimum absolute atomic E-state index is 1.11. The molecule has 0 aliphatic rings. The van der Waals surface area contributed by atoms with Gasteiger partial charge in [-0.15, -0.1) is 11.3 Å². The van der Waals surface area contributed by atoms with Crippen LogP contribution in [0, 0.1) is 0 Å². The summed E-state index contributed by atoms with van der Waals surface area (Å²) in [5.41, 5.74) is 10.7. The molecule has 0 atom stereocenters. The summed E-state index contributed by atoms with van der Waals surface area (Å²) in [4.78, 5) is 2.51. The summed E-state index contributed by atoms with van der Waals surface area (Å²) in [6.45, 7) is 0. The number of fused-ring (bicyclic) bond motifs is 9. The lowest BCUT2D eigenvalue weighted by Gasteiger charge is -2.29. The molecule has 2 heteroatoms. The highest BCUT2D eigenvalue weighted by atomic mass is 32.1. The van der Waals surface area contributed by atoms with Crippen molar-refractivity contribution >= 4 is 91.7 Å². The quantitative estimate of drug-likeness (QED) is 0.152. The first-order valence-electron chi connectivity index (χ1n) is 20.6. The van der Waals surface area contributed by atoms with Crippen LogP contribution in [0.3, 0.4) is 0 Å². The number of hydrogen-bond donors (Lipinski definition) is 0. The highest BCUT2D eigenvalue weighted by Crippen LogP contribution is 2.49. The van der Waals surface area contributed by atoms with Crippen molar-refractivity contribution in [1.29, 1.82) is 0 Å². The molecule has 0 spiro atoms. The third kappa shape index (κ3) is 5.53. The smallest absolute Gasteiger partial charge is 0.0555 e. The van der Waals surface area contributed by atoms with Crippen LogP contribution in [0.25, 0.3) is 96.6 Å². The van der Waals surface area contributed by atoms with E-state index in [-0.39, 0.29) is 0 Å². The lowest BCUT2D eigenvalue weighted by atomic mass is 9.89. The maximum Gasteiger partial charge on any atom is 0.0555 e. The summed E-state index contributed by atoms with van der Waals surface area (Å²) >= 11 is 1.89. The highest BCUT2D eigenvalue weighted by molar-refractivity contribution is 7.26. The Hall–Kier alpha value is -7.52. The molecule has 0 aliphatic carbocycles. The van der Waals surface area contributed by atoms with Crippen molar-refractivity contribution in [3.63, 3.8) is 0 Å². The highest BCUT2D eigenvalue weighted by Gasteiger charge is 2.23. The second-order valence-electron chi connectivity index (χ2n) is 15.6. The molecule has 0 bridgehead atoms. The number of anilines is 3.